The molecule has 0 saturated heterocycles. The summed E-state index contributed by atoms with van der Waals surface area (Å²) in [5.74, 6) is -8.42. The van der Waals surface area contributed by atoms with Gasteiger partial charge >= 0.3 is 0 Å². The van der Waals surface area contributed by atoms with Crippen molar-refractivity contribution < 1.29 is 26.3 Å². The van der Waals surface area contributed by atoms with E-state index in [0.29, 0.717) is 5.56 Å². The zero-order chi connectivity index (χ0) is 15.7. The minimum absolute atomic E-state index is 0.170. The zero-order valence-electron chi connectivity index (χ0n) is 10.7. The smallest absolute Gasteiger partial charge is 0.268 e. The van der Waals surface area contributed by atoms with Crippen molar-refractivity contribution in [2.24, 2.45) is 0 Å². The summed E-state index contributed by atoms with van der Waals surface area (Å²) in [6.45, 7) is 1.58. The van der Waals surface area contributed by atoms with E-state index in [1.807, 2.05) is 0 Å². The number of halogens is 6. The first-order valence-electron chi connectivity index (χ1n) is 5.81. The van der Waals surface area contributed by atoms with E-state index in [2.05, 4.69) is 5.32 Å². The van der Waals surface area contributed by atoms with Crippen molar-refractivity contribution in [2.45, 2.75) is 13.3 Å². The van der Waals surface area contributed by atoms with Gasteiger partial charge in [-0.1, -0.05) is 18.2 Å². The Bertz CT molecular complexity index is 684. The molecule has 0 aromatic heterocycles. The van der Waals surface area contributed by atoms with Crippen molar-refractivity contribution in [1.82, 2.24) is 0 Å². The van der Waals surface area contributed by atoms with Crippen molar-refractivity contribution in [3.63, 3.8) is 0 Å². The van der Waals surface area contributed by atoms with Crippen molar-refractivity contribution in [3.8, 4) is 0 Å². The molecule has 2 rings (SSSR count). The van der Waals surface area contributed by atoms with E-state index in [0.717, 1.165) is 0 Å². The molecule has 7 heteroatoms. The summed E-state index contributed by atoms with van der Waals surface area (Å²) in [7, 11) is 0. The van der Waals surface area contributed by atoms with Crippen LogP contribution in [0.4, 0.5) is 37.7 Å². The number of alkyl halides is 2. The van der Waals surface area contributed by atoms with Crippen LogP contribution in [0.25, 0.3) is 0 Å². The number of para-hydroxylation sites is 1. The molecule has 112 valence electrons. The minimum Gasteiger partial charge on any atom is -0.352 e. The molecule has 2 aromatic carbocycles. The maximum Gasteiger partial charge on any atom is 0.268 e. The van der Waals surface area contributed by atoms with Gasteiger partial charge in [0.1, 0.15) is 0 Å². The number of hydrogen-bond donors (Lipinski definition) is 1. The first kappa shape index (κ1) is 15.2. The van der Waals surface area contributed by atoms with E-state index in [-0.39, 0.29) is 5.69 Å². The molecular formula is C14H9F6N. The Balaban J connectivity index is 2.65. The Hall–Kier alpha value is -2.18. The van der Waals surface area contributed by atoms with Gasteiger partial charge in [0.15, 0.2) is 23.3 Å². The molecule has 0 aliphatic heterocycles. The van der Waals surface area contributed by atoms with Crippen LogP contribution >= 0.6 is 0 Å². The lowest BCUT2D eigenvalue weighted by molar-refractivity contribution is 0.145. The van der Waals surface area contributed by atoms with E-state index < -0.39 is 40.9 Å². The van der Waals surface area contributed by atoms with Crippen LogP contribution in [0.1, 0.15) is 17.6 Å². The van der Waals surface area contributed by atoms with Gasteiger partial charge in [0.2, 0.25) is 0 Å². The van der Waals surface area contributed by atoms with Gasteiger partial charge in [-0.25, -0.2) is 26.3 Å². The molecule has 0 saturated carbocycles. The van der Waals surface area contributed by atoms with E-state index in [9.17, 15) is 26.3 Å². The summed E-state index contributed by atoms with van der Waals surface area (Å²) in [6, 6.07) is 6.14. The fraction of sp³-hybridized carbons (Fsp3) is 0.143. The zero-order valence-corrected chi connectivity index (χ0v) is 10.7. The highest BCUT2D eigenvalue weighted by atomic mass is 19.3. The van der Waals surface area contributed by atoms with E-state index in [1.54, 1.807) is 19.1 Å². The van der Waals surface area contributed by atoms with Crippen LogP contribution < -0.4 is 5.32 Å². The molecule has 0 aliphatic carbocycles. The fourth-order valence-electron chi connectivity index (χ4n) is 1.82. The van der Waals surface area contributed by atoms with Gasteiger partial charge in [0, 0.05) is 5.69 Å². The second kappa shape index (κ2) is 5.67. The Morgan fingerprint density at radius 1 is 0.857 bits per heavy atom. The first-order valence-corrected chi connectivity index (χ1v) is 5.81. The summed E-state index contributed by atoms with van der Waals surface area (Å²) < 4.78 is 79.1. The summed E-state index contributed by atoms with van der Waals surface area (Å²) in [6.07, 6.45) is -3.51. The molecule has 2 aromatic rings. The normalized spacial score (nSPS) is 11.0. The number of aryl methyl sites for hydroxylation is 1. The van der Waals surface area contributed by atoms with Crippen LogP contribution in [0, 0.1) is 30.2 Å². The SMILES string of the molecule is Cc1ccccc1Nc1c(F)c(F)c(F)c(F)c1C(F)F. The number of benzene rings is 2. The average Bonchev–Trinajstić information content (AvgIpc) is 2.44. The molecule has 0 fully saturated rings. The quantitative estimate of drug-likeness (QED) is 0.465. The van der Waals surface area contributed by atoms with Gasteiger partial charge < -0.3 is 5.32 Å². The largest absolute Gasteiger partial charge is 0.352 e. The molecule has 0 aliphatic rings. The van der Waals surface area contributed by atoms with Crippen LogP contribution in [0.3, 0.4) is 0 Å². The maximum absolute atomic E-state index is 13.7. The lowest BCUT2D eigenvalue weighted by atomic mass is 10.1. The molecule has 0 radical (unpaired) electrons. The van der Waals surface area contributed by atoms with E-state index in [1.165, 1.54) is 12.1 Å². The van der Waals surface area contributed by atoms with Gasteiger partial charge in [0.05, 0.1) is 11.3 Å². The number of hydrogen-bond acceptors (Lipinski definition) is 1. The highest BCUT2D eigenvalue weighted by Crippen LogP contribution is 2.37. The fourth-order valence-corrected chi connectivity index (χ4v) is 1.82. The number of anilines is 2. The molecule has 0 unspecified atom stereocenters. The highest BCUT2D eigenvalue weighted by Gasteiger charge is 2.30. The summed E-state index contributed by atoms with van der Waals surface area (Å²) >= 11 is 0. The minimum atomic E-state index is -3.51. The lowest BCUT2D eigenvalue weighted by Gasteiger charge is -2.16. The second-order valence-corrected chi connectivity index (χ2v) is 4.29. The van der Waals surface area contributed by atoms with Crippen LogP contribution in [0.2, 0.25) is 0 Å². The van der Waals surface area contributed by atoms with Crippen molar-refractivity contribution >= 4 is 11.4 Å². The second-order valence-electron chi connectivity index (χ2n) is 4.29. The molecule has 1 nitrogen and oxygen atoms in total. The Labute approximate surface area is 116 Å². The predicted octanol–water partition coefficient (Wildman–Crippen LogP) is 5.23. The highest BCUT2D eigenvalue weighted by molar-refractivity contribution is 5.67. The molecule has 0 spiro atoms. The van der Waals surface area contributed by atoms with E-state index in [4.69, 9.17) is 0 Å². The maximum atomic E-state index is 13.7. The molecule has 0 heterocycles. The standard InChI is InChI=1S/C14H9F6N/c1-6-4-2-3-5-7(6)21-13-8(14(19)20)9(15)10(16)11(17)12(13)18/h2-5,14,21H,1H3. The molecular weight excluding hydrogens is 296 g/mol. The Morgan fingerprint density at radius 3 is 2.00 bits per heavy atom. The van der Waals surface area contributed by atoms with E-state index >= 15 is 0 Å². The van der Waals surface area contributed by atoms with Crippen molar-refractivity contribution in [3.05, 3.63) is 58.7 Å². The van der Waals surface area contributed by atoms with Crippen molar-refractivity contribution in [1.29, 1.82) is 0 Å². The Kier molecular flexibility index (Phi) is 4.11. The molecule has 0 bridgehead atoms. The van der Waals surface area contributed by atoms with Gasteiger partial charge in [-0.3, -0.25) is 0 Å². The van der Waals surface area contributed by atoms with Crippen LogP contribution in [-0.4, -0.2) is 0 Å². The average molecular weight is 305 g/mol. The summed E-state index contributed by atoms with van der Waals surface area (Å²) in [5.41, 5.74) is -1.96. The summed E-state index contributed by atoms with van der Waals surface area (Å²) in [5, 5.41) is 2.20. The van der Waals surface area contributed by atoms with Crippen LogP contribution in [-0.2, 0) is 0 Å². The van der Waals surface area contributed by atoms with Gasteiger partial charge in [0.25, 0.3) is 6.43 Å². The molecule has 0 atom stereocenters. The third-order valence-corrected chi connectivity index (χ3v) is 2.93. The molecule has 0 amide bonds. The summed E-state index contributed by atoms with van der Waals surface area (Å²) in [4.78, 5) is 0. The van der Waals surface area contributed by atoms with Gasteiger partial charge in [-0.2, -0.15) is 0 Å². The molecule has 1 N–H and O–H groups in total. The van der Waals surface area contributed by atoms with Crippen LogP contribution in [0.15, 0.2) is 24.3 Å². The Morgan fingerprint density at radius 2 is 1.43 bits per heavy atom. The number of rotatable bonds is 3. The topological polar surface area (TPSA) is 12.0 Å². The predicted molar refractivity (Wildman–Crippen MR) is 65.7 cm³/mol. The van der Waals surface area contributed by atoms with Crippen molar-refractivity contribution in [2.75, 3.05) is 5.32 Å². The van der Waals surface area contributed by atoms with Gasteiger partial charge in [-0.05, 0) is 18.6 Å². The monoisotopic (exact) mass is 305 g/mol. The van der Waals surface area contributed by atoms with Gasteiger partial charge in [-0.15, -0.1) is 0 Å². The van der Waals surface area contributed by atoms with Crippen LogP contribution in [0.5, 0.6) is 0 Å². The third kappa shape index (κ3) is 2.68. The lowest BCUT2D eigenvalue weighted by Crippen LogP contribution is -2.09. The molecule has 21 heavy (non-hydrogen) atoms. The number of nitrogens with one attached hydrogen (secondary N) is 1. The third-order valence-electron chi connectivity index (χ3n) is 2.93. The first-order chi connectivity index (χ1) is 9.84.